The average Bonchev–Trinajstić information content (AvgIpc) is 2.69. The van der Waals surface area contributed by atoms with Crippen LogP contribution < -0.4 is 5.32 Å². The molecule has 1 unspecified atom stereocenters. The molecular weight excluding hydrogens is 122 g/mol. The van der Waals surface area contributed by atoms with Gasteiger partial charge in [-0.2, -0.15) is 0 Å². The molecule has 1 heteroatoms. The third-order valence-corrected chi connectivity index (χ3v) is 2.51. The molecule has 10 heavy (non-hydrogen) atoms. The van der Waals surface area contributed by atoms with Gasteiger partial charge in [-0.3, -0.25) is 0 Å². The fourth-order valence-corrected chi connectivity index (χ4v) is 1.50. The normalized spacial score (nSPS) is 21.0. The monoisotopic (exact) mass is 141 g/mol. The van der Waals surface area contributed by atoms with E-state index in [1.807, 2.05) is 7.05 Å². The molecule has 0 amide bonds. The van der Waals surface area contributed by atoms with E-state index in [-0.39, 0.29) is 0 Å². The van der Waals surface area contributed by atoms with Crippen molar-refractivity contribution in [3.8, 4) is 0 Å². The first-order valence-corrected chi connectivity index (χ1v) is 4.49. The maximum Gasteiger partial charge on any atom is -0.00518 e. The zero-order valence-electron chi connectivity index (χ0n) is 7.19. The molecular formula is C9H19N. The third-order valence-electron chi connectivity index (χ3n) is 2.51. The van der Waals surface area contributed by atoms with Gasteiger partial charge < -0.3 is 5.32 Å². The number of hydrogen-bond donors (Lipinski definition) is 1. The number of nitrogens with one attached hydrogen (secondary N) is 1. The van der Waals surface area contributed by atoms with Crippen molar-refractivity contribution in [1.29, 1.82) is 0 Å². The molecule has 1 saturated carbocycles. The van der Waals surface area contributed by atoms with Crippen molar-refractivity contribution in [2.45, 2.75) is 32.6 Å². The maximum absolute atomic E-state index is 3.18. The molecule has 1 N–H and O–H groups in total. The van der Waals surface area contributed by atoms with Crippen LogP contribution in [0.2, 0.25) is 0 Å². The van der Waals surface area contributed by atoms with Gasteiger partial charge in [-0.15, -0.1) is 0 Å². The zero-order valence-corrected chi connectivity index (χ0v) is 7.19. The molecule has 0 saturated heterocycles. The van der Waals surface area contributed by atoms with Crippen molar-refractivity contribution in [3.05, 3.63) is 0 Å². The molecule has 0 radical (unpaired) electrons. The van der Waals surface area contributed by atoms with E-state index in [2.05, 4.69) is 12.2 Å². The van der Waals surface area contributed by atoms with E-state index in [4.69, 9.17) is 0 Å². The Bertz CT molecular complexity index is 86.7. The van der Waals surface area contributed by atoms with Crippen LogP contribution in [0.25, 0.3) is 0 Å². The fraction of sp³-hybridized carbons (Fsp3) is 1.00. The Kier molecular flexibility index (Phi) is 3.20. The van der Waals surface area contributed by atoms with Gasteiger partial charge in [0, 0.05) is 0 Å². The quantitative estimate of drug-likeness (QED) is 0.578. The van der Waals surface area contributed by atoms with Crippen LogP contribution in [0, 0.1) is 11.8 Å². The predicted molar refractivity (Wildman–Crippen MR) is 45.0 cm³/mol. The summed E-state index contributed by atoms with van der Waals surface area (Å²) in [5.74, 6) is 2.09. The van der Waals surface area contributed by atoms with Crippen molar-refractivity contribution in [1.82, 2.24) is 5.32 Å². The highest BCUT2D eigenvalue weighted by Crippen LogP contribution is 2.38. The van der Waals surface area contributed by atoms with Gasteiger partial charge in [0.25, 0.3) is 0 Å². The lowest BCUT2D eigenvalue weighted by molar-refractivity contribution is 0.449. The van der Waals surface area contributed by atoms with Gasteiger partial charge in [0.15, 0.2) is 0 Å². The molecule has 1 atom stereocenters. The summed E-state index contributed by atoms with van der Waals surface area (Å²) in [5, 5.41) is 3.18. The van der Waals surface area contributed by atoms with Crippen molar-refractivity contribution in [2.24, 2.45) is 11.8 Å². The highest BCUT2D eigenvalue weighted by molar-refractivity contribution is 4.78. The van der Waals surface area contributed by atoms with E-state index in [9.17, 15) is 0 Å². The van der Waals surface area contributed by atoms with Crippen molar-refractivity contribution >= 4 is 0 Å². The first kappa shape index (κ1) is 8.06. The largest absolute Gasteiger partial charge is 0.320 e. The van der Waals surface area contributed by atoms with Gasteiger partial charge in [-0.25, -0.2) is 0 Å². The minimum Gasteiger partial charge on any atom is -0.320 e. The Balaban J connectivity index is 1.90. The summed E-state index contributed by atoms with van der Waals surface area (Å²) in [7, 11) is 2.03. The van der Waals surface area contributed by atoms with E-state index in [0.29, 0.717) is 0 Å². The molecule has 0 bridgehead atoms. The van der Waals surface area contributed by atoms with Crippen LogP contribution in [-0.2, 0) is 0 Å². The summed E-state index contributed by atoms with van der Waals surface area (Å²) in [6.07, 6.45) is 5.78. The van der Waals surface area contributed by atoms with Crippen LogP contribution in [0.5, 0.6) is 0 Å². The molecule has 0 aliphatic heterocycles. The molecule has 0 heterocycles. The summed E-state index contributed by atoms with van der Waals surface area (Å²) in [5.41, 5.74) is 0. The Labute approximate surface area is 64.2 Å². The Morgan fingerprint density at radius 2 is 2.20 bits per heavy atom. The third kappa shape index (κ3) is 2.70. The zero-order chi connectivity index (χ0) is 7.40. The summed E-state index contributed by atoms with van der Waals surface area (Å²) in [4.78, 5) is 0. The van der Waals surface area contributed by atoms with E-state index >= 15 is 0 Å². The van der Waals surface area contributed by atoms with E-state index < -0.39 is 0 Å². The van der Waals surface area contributed by atoms with E-state index in [0.717, 1.165) is 11.8 Å². The molecule has 0 aromatic carbocycles. The molecule has 1 aliphatic carbocycles. The Hall–Kier alpha value is -0.0400. The first-order valence-electron chi connectivity index (χ1n) is 4.49. The summed E-state index contributed by atoms with van der Waals surface area (Å²) < 4.78 is 0. The van der Waals surface area contributed by atoms with Crippen molar-refractivity contribution in [2.75, 3.05) is 13.6 Å². The molecule has 60 valence electrons. The smallest absolute Gasteiger partial charge is 0.00518 e. The van der Waals surface area contributed by atoms with Crippen LogP contribution in [-0.4, -0.2) is 13.6 Å². The van der Waals surface area contributed by atoms with Gasteiger partial charge in [0.2, 0.25) is 0 Å². The topological polar surface area (TPSA) is 12.0 Å². The lowest BCUT2D eigenvalue weighted by atomic mass is 10.0. The second kappa shape index (κ2) is 3.97. The van der Waals surface area contributed by atoms with Crippen LogP contribution >= 0.6 is 0 Å². The Morgan fingerprint density at radius 3 is 2.70 bits per heavy atom. The van der Waals surface area contributed by atoms with E-state index in [1.165, 1.54) is 32.2 Å². The maximum atomic E-state index is 3.18. The summed E-state index contributed by atoms with van der Waals surface area (Å²) in [6, 6.07) is 0. The van der Waals surface area contributed by atoms with Crippen LogP contribution in [0.3, 0.4) is 0 Å². The standard InChI is InChI=1S/C9H19N/c1-8(9-5-6-9)4-3-7-10-2/h8-10H,3-7H2,1-2H3. The number of rotatable bonds is 5. The average molecular weight is 141 g/mol. The molecule has 1 fully saturated rings. The first-order chi connectivity index (χ1) is 4.84. The van der Waals surface area contributed by atoms with Gasteiger partial charge in [0.05, 0.1) is 0 Å². The summed E-state index contributed by atoms with van der Waals surface area (Å²) >= 11 is 0. The molecule has 1 aliphatic rings. The lowest BCUT2D eigenvalue weighted by Gasteiger charge is -2.08. The van der Waals surface area contributed by atoms with Crippen LogP contribution in [0.15, 0.2) is 0 Å². The SMILES string of the molecule is CNCCCC(C)C1CC1. The fourth-order valence-electron chi connectivity index (χ4n) is 1.50. The van der Waals surface area contributed by atoms with Crippen molar-refractivity contribution < 1.29 is 0 Å². The molecule has 1 nitrogen and oxygen atoms in total. The highest BCUT2D eigenvalue weighted by atomic mass is 14.8. The van der Waals surface area contributed by atoms with Crippen molar-refractivity contribution in [3.63, 3.8) is 0 Å². The molecule has 1 rings (SSSR count). The Morgan fingerprint density at radius 1 is 1.50 bits per heavy atom. The minimum atomic E-state index is 0.994. The minimum absolute atomic E-state index is 0.994. The molecule has 0 aromatic heterocycles. The van der Waals surface area contributed by atoms with Crippen LogP contribution in [0.1, 0.15) is 32.6 Å². The van der Waals surface area contributed by atoms with Gasteiger partial charge in [-0.05, 0) is 51.1 Å². The van der Waals surface area contributed by atoms with Gasteiger partial charge in [0.1, 0.15) is 0 Å². The second-order valence-corrected chi connectivity index (χ2v) is 3.56. The predicted octanol–water partition coefficient (Wildman–Crippen LogP) is 2.03. The summed E-state index contributed by atoms with van der Waals surface area (Å²) in [6.45, 7) is 3.59. The molecule has 0 spiro atoms. The number of hydrogen-bond acceptors (Lipinski definition) is 1. The van der Waals surface area contributed by atoms with Gasteiger partial charge in [-0.1, -0.05) is 6.92 Å². The highest BCUT2D eigenvalue weighted by Gasteiger charge is 2.26. The lowest BCUT2D eigenvalue weighted by Crippen LogP contribution is -2.09. The van der Waals surface area contributed by atoms with E-state index in [1.54, 1.807) is 0 Å². The molecule has 0 aromatic rings. The van der Waals surface area contributed by atoms with Crippen LogP contribution in [0.4, 0.5) is 0 Å². The van der Waals surface area contributed by atoms with Gasteiger partial charge >= 0.3 is 0 Å². The second-order valence-electron chi connectivity index (χ2n) is 3.56.